The molecule has 2 atom stereocenters. The molecule has 2 unspecified atom stereocenters. The van der Waals surface area contributed by atoms with Gasteiger partial charge in [0.1, 0.15) is 17.0 Å². The lowest BCUT2D eigenvalue weighted by atomic mass is 9.95. The Labute approximate surface area is 332 Å². The molecule has 2 amide bonds. The summed E-state index contributed by atoms with van der Waals surface area (Å²) in [5, 5.41) is 6.85. The summed E-state index contributed by atoms with van der Waals surface area (Å²) in [7, 11) is 1.64. The number of morpholine rings is 1. The standard InChI is InChI=1S/C42H51ClFN7O5/c1-25(48-39(52)55-41(3,4)5)36(45-9)34(32-12-10-11-16-46-32)30(43)22-27-15-17-47-33(23-27)35-37(26(2)49-40(53)56-42(6,7)8)50-31-14-13-28(44)24-29(31)38(35)51-18-20-54-21-19-51/h10-17,23-26H,18-22H2,1-9H3,(H,48,52)(H,49,53). The number of aliphatic imine (C=N–C) groups is 1. The van der Waals surface area contributed by atoms with Gasteiger partial charge in [0.25, 0.3) is 0 Å². The molecule has 1 fully saturated rings. The summed E-state index contributed by atoms with van der Waals surface area (Å²) in [6.45, 7) is 16.5. The summed E-state index contributed by atoms with van der Waals surface area (Å²) in [6, 6.07) is 12.5. The third kappa shape index (κ3) is 10.8. The maximum absolute atomic E-state index is 15.0. The number of ether oxygens (including phenoxy) is 3. The molecule has 5 rings (SSSR count). The van der Waals surface area contributed by atoms with E-state index in [9.17, 15) is 14.0 Å². The number of carbonyl (C=O) groups excluding carboxylic acids is 2. The van der Waals surface area contributed by atoms with Gasteiger partial charge in [-0.1, -0.05) is 17.7 Å². The second kappa shape index (κ2) is 17.8. The SMILES string of the molecule is CN=C(C(=C(Cl)Cc1ccnc(-c2c(C(C)NC(=O)OC(C)(C)C)nc3ccc(F)cc3c2N2CCOCC2)c1)c1ccccn1)C(C)NC(=O)OC(C)(C)C. The highest BCUT2D eigenvalue weighted by molar-refractivity contribution is 6.41. The van der Waals surface area contributed by atoms with Crippen molar-refractivity contribution in [1.29, 1.82) is 0 Å². The van der Waals surface area contributed by atoms with E-state index in [1.54, 1.807) is 80.0 Å². The number of hydrogen-bond donors (Lipinski definition) is 2. The van der Waals surface area contributed by atoms with Gasteiger partial charge in [-0.3, -0.25) is 15.0 Å². The lowest BCUT2D eigenvalue weighted by Crippen LogP contribution is -2.42. The summed E-state index contributed by atoms with van der Waals surface area (Å²) >= 11 is 7.27. The molecule has 4 aromatic rings. The molecule has 12 nitrogen and oxygen atoms in total. The molecule has 0 saturated carbocycles. The number of benzene rings is 1. The van der Waals surface area contributed by atoms with E-state index in [4.69, 9.17) is 35.8 Å². The Kier molecular flexibility index (Phi) is 13.3. The zero-order valence-corrected chi connectivity index (χ0v) is 34.3. The van der Waals surface area contributed by atoms with Gasteiger partial charge in [-0.05, 0) is 103 Å². The Balaban J connectivity index is 1.65. The average Bonchev–Trinajstić information content (AvgIpc) is 3.12. The molecular formula is C42H51ClFN7O5. The van der Waals surface area contributed by atoms with Crippen molar-refractivity contribution in [2.45, 2.75) is 85.1 Å². The lowest BCUT2D eigenvalue weighted by Gasteiger charge is -2.33. The number of fused-ring (bicyclic) bond motifs is 1. The van der Waals surface area contributed by atoms with Gasteiger partial charge in [0, 0.05) is 60.5 Å². The first kappa shape index (κ1) is 42.0. The topological polar surface area (TPSA) is 140 Å². The number of pyridine rings is 3. The van der Waals surface area contributed by atoms with Crippen molar-refractivity contribution in [3.63, 3.8) is 0 Å². The van der Waals surface area contributed by atoms with Gasteiger partial charge >= 0.3 is 12.2 Å². The Morgan fingerprint density at radius 3 is 2.25 bits per heavy atom. The quantitative estimate of drug-likeness (QED) is 0.152. The van der Waals surface area contributed by atoms with Crippen LogP contribution < -0.4 is 15.5 Å². The molecule has 1 saturated heterocycles. The largest absolute Gasteiger partial charge is 0.444 e. The number of nitrogens with zero attached hydrogens (tertiary/aromatic N) is 5. The number of anilines is 1. The van der Waals surface area contributed by atoms with Crippen LogP contribution >= 0.6 is 11.6 Å². The van der Waals surface area contributed by atoms with Crippen molar-refractivity contribution in [2.24, 2.45) is 4.99 Å². The van der Waals surface area contributed by atoms with E-state index in [-0.39, 0.29) is 6.42 Å². The second-order valence-electron chi connectivity index (χ2n) is 15.5. The van der Waals surface area contributed by atoms with Crippen LogP contribution in [-0.4, -0.2) is 83.4 Å². The first-order valence-electron chi connectivity index (χ1n) is 18.6. The van der Waals surface area contributed by atoms with E-state index in [2.05, 4.69) is 25.5 Å². The molecular weight excluding hydrogens is 737 g/mol. The van der Waals surface area contributed by atoms with Crippen LogP contribution in [0, 0.1) is 5.82 Å². The summed E-state index contributed by atoms with van der Waals surface area (Å²) < 4.78 is 31.8. The number of nitrogens with one attached hydrogen (secondary N) is 2. The lowest BCUT2D eigenvalue weighted by molar-refractivity contribution is 0.0500. The molecule has 1 aromatic carbocycles. The first-order valence-corrected chi connectivity index (χ1v) is 19.0. The van der Waals surface area contributed by atoms with Crippen LogP contribution in [0.1, 0.15) is 78.4 Å². The predicted molar refractivity (Wildman–Crippen MR) is 219 cm³/mol. The molecule has 2 N–H and O–H groups in total. The van der Waals surface area contributed by atoms with Gasteiger partial charge in [0.05, 0.1) is 59.3 Å². The third-order valence-electron chi connectivity index (χ3n) is 8.69. The van der Waals surface area contributed by atoms with Crippen LogP contribution in [0.25, 0.3) is 27.7 Å². The van der Waals surface area contributed by atoms with Crippen LogP contribution in [0.4, 0.5) is 19.7 Å². The molecule has 1 aliphatic rings. The van der Waals surface area contributed by atoms with Crippen molar-refractivity contribution in [3.8, 4) is 11.3 Å². The van der Waals surface area contributed by atoms with E-state index < -0.39 is 41.3 Å². The first-order chi connectivity index (χ1) is 26.4. The van der Waals surface area contributed by atoms with Crippen LogP contribution in [0.15, 0.2) is 70.9 Å². The number of halogens is 2. The van der Waals surface area contributed by atoms with E-state index in [0.717, 1.165) is 11.3 Å². The molecule has 0 bridgehead atoms. The maximum atomic E-state index is 15.0. The molecule has 4 heterocycles. The Bertz CT molecular complexity index is 2110. The summed E-state index contributed by atoms with van der Waals surface area (Å²) in [4.78, 5) is 47.0. The van der Waals surface area contributed by atoms with Crippen LogP contribution in [0.3, 0.4) is 0 Å². The third-order valence-corrected chi connectivity index (χ3v) is 9.01. The van der Waals surface area contributed by atoms with E-state index in [1.807, 2.05) is 31.2 Å². The van der Waals surface area contributed by atoms with Gasteiger partial charge in [0.15, 0.2) is 0 Å². The van der Waals surface area contributed by atoms with Gasteiger partial charge in [-0.2, -0.15) is 0 Å². The predicted octanol–water partition coefficient (Wildman–Crippen LogP) is 8.43. The number of rotatable bonds is 10. The fourth-order valence-electron chi connectivity index (χ4n) is 6.45. The van der Waals surface area contributed by atoms with Crippen LogP contribution in [0.2, 0.25) is 0 Å². The van der Waals surface area contributed by atoms with Crippen molar-refractivity contribution in [3.05, 3.63) is 88.7 Å². The zero-order chi connectivity index (χ0) is 40.8. The maximum Gasteiger partial charge on any atom is 0.408 e. The molecule has 56 heavy (non-hydrogen) atoms. The molecule has 3 aromatic heterocycles. The molecule has 298 valence electrons. The van der Waals surface area contributed by atoms with E-state index in [1.165, 1.54) is 12.1 Å². The number of carbonyl (C=O) groups is 2. The van der Waals surface area contributed by atoms with Gasteiger partial charge in [-0.15, -0.1) is 0 Å². The number of hydrogen-bond acceptors (Lipinski definition) is 10. The minimum atomic E-state index is -0.720. The Hall–Kier alpha value is -5.14. The Morgan fingerprint density at radius 1 is 0.946 bits per heavy atom. The van der Waals surface area contributed by atoms with Crippen LogP contribution in [-0.2, 0) is 20.6 Å². The minimum Gasteiger partial charge on any atom is -0.444 e. The van der Waals surface area contributed by atoms with Crippen molar-refractivity contribution in [2.75, 3.05) is 38.3 Å². The fraction of sp³-hybridized carbons (Fsp3) is 0.429. The molecule has 0 aliphatic carbocycles. The molecule has 0 spiro atoms. The monoisotopic (exact) mass is 787 g/mol. The number of allylic oxidation sites excluding steroid dienone is 1. The number of alkyl carbamates (subject to hydrolysis) is 2. The zero-order valence-electron chi connectivity index (χ0n) is 33.5. The molecule has 14 heteroatoms. The average molecular weight is 788 g/mol. The van der Waals surface area contributed by atoms with Crippen molar-refractivity contribution in [1.82, 2.24) is 25.6 Å². The second-order valence-corrected chi connectivity index (χ2v) is 16.0. The summed E-state index contributed by atoms with van der Waals surface area (Å²) in [5.74, 6) is -0.406. The van der Waals surface area contributed by atoms with E-state index in [0.29, 0.717) is 76.2 Å². The number of amides is 2. The smallest absolute Gasteiger partial charge is 0.408 e. The molecule has 0 radical (unpaired) electrons. The number of aromatic nitrogens is 3. The van der Waals surface area contributed by atoms with Gasteiger partial charge in [0.2, 0.25) is 0 Å². The summed E-state index contributed by atoms with van der Waals surface area (Å²) in [6.07, 6.45) is 2.40. The fourth-order valence-corrected chi connectivity index (χ4v) is 6.80. The van der Waals surface area contributed by atoms with Gasteiger partial charge in [-0.25, -0.2) is 19.0 Å². The molecule has 1 aliphatic heterocycles. The van der Waals surface area contributed by atoms with Crippen molar-refractivity contribution >= 4 is 51.7 Å². The van der Waals surface area contributed by atoms with Gasteiger partial charge < -0.3 is 29.7 Å². The minimum absolute atomic E-state index is 0.241. The summed E-state index contributed by atoms with van der Waals surface area (Å²) in [5.41, 5.74) is 4.02. The van der Waals surface area contributed by atoms with Crippen LogP contribution in [0.5, 0.6) is 0 Å². The van der Waals surface area contributed by atoms with Crippen molar-refractivity contribution < 1.29 is 28.2 Å². The highest BCUT2D eigenvalue weighted by Crippen LogP contribution is 2.42. The van der Waals surface area contributed by atoms with E-state index >= 15 is 0 Å². The highest BCUT2D eigenvalue weighted by atomic mass is 35.5. The Morgan fingerprint density at radius 2 is 1.62 bits per heavy atom. The normalized spacial score (nSPS) is 15.5. The highest BCUT2D eigenvalue weighted by Gasteiger charge is 2.29.